The van der Waals surface area contributed by atoms with Gasteiger partial charge in [0, 0.05) is 44.2 Å². The third-order valence-corrected chi connectivity index (χ3v) is 11.3. The number of aromatic nitrogens is 4. The van der Waals surface area contributed by atoms with Gasteiger partial charge in [-0.25, -0.2) is 0 Å². The van der Waals surface area contributed by atoms with Crippen molar-refractivity contribution in [2.45, 2.75) is 73.5 Å². The number of imidazole rings is 1. The van der Waals surface area contributed by atoms with E-state index in [1.807, 2.05) is 32.9 Å². The molecule has 0 aliphatic rings. The first kappa shape index (κ1) is 39.0. The number of furan rings is 1. The van der Waals surface area contributed by atoms with E-state index in [4.69, 9.17) is 16.3 Å². The zero-order valence-corrected chi connectivity index (χ0v) is 40.1. The molecule has 1 radical (unpaired) electrons. The van der Waals surface area contributed by atoms with Crippen LogP contribution in [-0.2, 0) is 26.5 Å². The molecule has 6 heteroatoms. The van der Waals surface area contributed by atoms with E-state index in [2.05, 4.69) is 170 Å². The monoisotopic (exact) mass is 1030 g/mol. The summed E-state index contributed by atoms with van der Waals surface area (Å²) in [6, 6.07) is 56.1. The summed E-state index contributed by atoms with van der Waals surface area (Å²) in [7, 11) is 0. The largest absolute Gasteiger partial charge is 0.501 e. The Bertz CT molecular complexity index is 3400. The van der Waals surface area contributed by atoms with Crippen molar-refractivity contribution in [2.75, 3.05) is 0 Å². The van der Waals surface area contributed by atoms with E-state index in [9.17, 15) is 0 Å². The SMILES string of the molecule is CC(C)c1cc(-c2ccccc2)cc(C(C)C)c1-n1c(-c2[c-]ccc3c2oc2cc(-c4ccccc4)ccc23)nc2ccccc21.[2H]C([2H])([2H])c1c[c-]c(-c2ccc(C([2H])([2H])C(C)(C)C)cn2)cn1.[Ir]. The number of pyridine rings is 2. The average Bonchev–Trinajstić information content (AvgIpc) is 3.92. The van der Waals surface area contributed by atoms with E-state index in [1.165, 1.54) is 52.0 Å². The first-order valence-electron chi connectivity index (χ1n) is 24.4. The number of hydrogen-bond acceptors (Lipinski definition) is 4. The molecule has 0 aliphatic carbocycles. The summed E-state index contributed by atoms with van der Waals surface area (Å²) >= 11 is 0. The molecular weight excluding hydrogens is 973 g/mol. The van der Waals surface area contributed by atoms with Crippen LogP contribution in [0.15, 0.2) is 162 Å². The number of nitrogens with zero attached hydrogens (tertiary/aromatic N) is 4. The normalized spacial score (nSPS) is 13.2. The molecule has 0 saturated carbocycles. The minimum atomic E-state index is -2.25. The Hall–Kier alpha value is -6.46. The Kier molecular flexibility index (Phi) is 11.4. The van der Waals surface area contributed by atoms with Gasteiger partial charge in [0.15, 0.2) is 0 Å². The Morgan fingerprint density at radius 2 is 1.37 bits per heavy atom. The van der Waals surface area contributed by atoms with Crippen molar-refractivity contribution in [1.29, 1.82) is 0 Å². The maximum atomic E-state index is 8.23. The van der Waals surface area contributed by atoms with Crippen LogP contribution in [0.3, 0.4) is 0 Å². The van der Waals surface area contributed by atoms with Crippen LogP contribution in [0, 0.1) is 24.4 Å². The fraction of sp³-hybridized carbons (Fsp3) is 0.203. The average molecular weight is 1030 g/mol. The molecule has 0 unspecified atom stereocenters. The second-order valence-electron chi connectivity index (χ2n) is 17.9. The van der Waals surface area contributed by atoms with Crippen molar-refractivity contribution in [2.24, 2.45) is 5.41 Å². The van der Waals surface area contributed by atoms with Gasteiger partial charge in [-0.3, -0.25) is 4.98 Å². The summed E-state index contributed by atoms with van der Waals surface area (Å²) in [6.07, 6.45) is 1.42. The summed E-state index contributed by atoms with van der Waals surface area (Å²) in [5.41, 5.74) is 14.2. The first-order valence-corrected chi connectivity index (χ1v) is 21.9. The zero-order chi connectivity index (χ0) is 48.8. The maximum Gasteiger partial charge on any atom is 0.121 e. The molecule has 0 spiro atoms. The Morgan fingerprint density at radius 3 is 1.98 bits per heavy atom. The van der Waals surface area contributed by atoms with Gasteiger partial charge < -0.3 is 19.0 Å². The molecule has 4 heterocycles. The van der Waals surface area contributed by atoms with Crippen molar-refractivity contribution in [1.82, 2.24) is 19.5 Å². The molecule has 327 valence electrons. The van der Waals surface area contributed by atoms with Crippen LogP contribution < -0.4 is 0 Å². The second kappa shape index (κ2) is 18.9. The third kappa shape index (κ3) is 9.52. The van der Waals surface area contributed by atoms with Gasteiger partial charge in [0.05, 0.1) is 22.4 Å². The van der Waals surface area contributed by atoms with Crippen molar-refractivity contribution in [3.05, 3.63) is 193 Å². The van der Waals surface area contributed by atoms with Gasteiger partial charge in [-0.15, -0.1) is 35.9 Å². The van der Waals surface area contributed by atoms with Gasteiger partial charge in [0.1, 0.15) is 5.58 Å². The summed E-state index contributed by atoms with van der Waals surface area (Å²) in [5, 5.41) is 2.15. The summed E-state index contributed by atoms with van der Waals surface area (Å²) < 4.78 is 47.5. The standard InChI is InChI=1S/C43H35N2O.C16H19N2.Ir/c1-27(2)36-24-32(30-16-9-6-10-17-30)25-37(28(3)4)41(36)45-39-21-12-11-20-38(39)44-43(45)35-19-13-18-34-33-23-22-31(26-40(33)46-42(34)35)29-14-7-5-8-15-29;1-12-5-7-14(11-17-12)15-8-6-13(10-18-15)9-16(2,3)4;/h5-18,20-28H,1-4H3;5-6,8,10-11H,9H2,1-4H3;/q2*-1;/i;1D3,9D2;. The van der Waals surface area contributed by atoms with Gasteiger partial charge in [-0.05, 0) is 104 Å². The van der Waals surface area contributed by atoms with E-state index in [0.717, 1.165) is 49.9 Å². The Labute approximate surface area is 404 Å². The predicted molar refractivity (Wildman–Crippen MR) is 266 cm³/mol. The van der Waals surface area contributed by atoms with Crippen LogP contribution in [0.5, 0.6) is 0 Å². The number of rotatable bonds is 8. The fourth-order valence-corrected chi connectivity index (χ4v) is 8.31. The fourth-order valence-electron chi connectivity index (χ4n) is 8.31. The van der Waals surface area contributed by atoms with E-state index in [0.29, 0.717) is 16.8 Å². The predicted octanol–water partition coefficient (Wildman–Crippen LogP) is 15.8. The number of aryl methyl sites for hydroxylation is 1. The number of hydrogen-bond donors (Lipinski definition) is 0. The smallest absolute Gasteiger partial charge is 0.121 e. The topological polar surface area (TPSA) is 56.7 Å². The van der Waals surface area contributed by atoms with E-state index >= 15 is 0 Å². The molecule has 5 nitrogen and oxygen atoms in total. The van der Waals surface area contributed by atoms with Crippen molar-refractivity contribution in [3.63, 3.8) is 0 Å². The van der Waals surface area contributed by atoms with Gasteiger partial charge >= 0.3 is 0 Å². The molecule has 0 amide bonds. The second-order valence-corrected chi connectivity index (χ2v) is 17.9. The van der Waals surface area contributed by atoms with Gasteiger partial charge in [0.2, 0.25) is 0 Å². The minimum absolute atomic E-state index is 0. The van der Waals surface area contributed by atoms with Crippen molar-refractivity contribution in [3.8, 4) is 50.6 Å². The van der Waals surface area contributed by atoms with Crippen LogP contribution >= 0.6 is 0 Å². The van der Waals surface area contributed by atoms with Gasteiger partial charge in [-0.2, -0.15) is 0 Å². The van der Waals surface area contributed by atoms with Crippen LogP contribution in [-0.4, -0.2) is 19.5 Å². The van der Waals surface area contributed by atoms with Gasteiger partial charge in [0.25, 0.3) is 0 Å². The Balaban J connectivity index is 0.000000233. The third-order valence-electron chi connectivity index (χ3n) is 11.3. The molecule has 65 heavy (non-hydrogen) atoms. The molecule has 0 fully saturated rings. The summed E-state index contributed by atoms with van der Waals surface area (Å²) in [5.74, 6) is 1.41. The van der Waals surface area contributed by atoms with Crippen LogP contribution in [0.25, 0.3) is 83.6 Å². The molecule has 0 bridgehead atoms. The van der Waals surface area contributed by atoms with E-state index < -0.39 is 18.6 Å². The first-order chi connectivity index (χ1) is 32.9. The van der Waals surface area contributed by atoms with E-state index in [1.54, 1.807) is 12.1 Å². The maximum absolute atomic E-state index is 8.23. The summed E-state index contributed by atoms with van der Waals surface area (Å²) in [6.45, 7) is 12.4. The van der Waals surface area contributed by atoms with Crippen LogP contribution in [0.2, 0.25) is 0 Å². The molecule has 0 aliphatic heterocycles. The van der Waals surface area contributed by atoms with Crippen molar-refractivity contribution < 1.29 is 31.4 Å². The molecule has 10 rings (SSSR count). The molecule has 0 saturated heterocycles. The van der Waals surface area contributed by atoms with E-state index in [-0.39, 0.29) is 37.6 Å². The van der Waals surface area contributed by atoms with Crippen LogP contribution in [0.1, 0.15) is 89.5 Å². The molecule has 0 N–H and O–H groups in total. The molecular formula is C59H54IrN4O-2. The number of fused-ring (bicyclic) bond motifs is 4. The number of benzene rings is 6. The molecule has 0 atom stereocenters. The molecule has 6 aromatic carbocycles. The molecule has 4 aromatic heterocycles. The van der Waals surface area contributed by atoms with Crippen LogP contribution in [0.4, 0.5) is 0 Å². The van der Waals surface area contributed by atoms with Crippen molar-refractivity contribution >= 4 is 33.0 Å². The Morgan fingerprint density at radius 1 is 0.692 bits per heavy atom. The number of para-hydroxylation sites is 2. The quantitative estimate of drug-likeness (QED) is 0.142. The molecule has 10 aromatic rings. The minimum Gasteiger partial charge on any atom is -0.501 e. The zero-order valence-electron chi connectivity index (χ0n) is 42.7. The van der Waals surface area contributed by atoms with Gasteiger partial charge in [-0.1, -0.05) is 170 Å². The summed E-state index contributed by atoms with van der Waals surface area (Å²) in [4.78, 5) is 13.5.